The lowest BCUT2D eigenvalue weighted by molar-refractivity contribution is -0.151. The summed E-state index contributed by atoms with van der Waals surface area (Å²) in [4.78, 5) is 34.2. The summed E-state index contributed by atoms with van der Waals surface area (Å²) >= 11 is 0. The number of rotatable bonds is 48. The van der Waals surface area contributed by atoms with Crippen LogP contribution < -0.4 is 5.32 Å². The van der Waals surface area contributed by atoms with Crippen LogP contribution in [0, 0.1) is 0 Å². The molecule has 0 aliphatic carbocycles. The second-order valence-electron chi connectivity index (χ2n) is 20.8. The molecule has 7 atom stereocenters. The van der Waals surface area contributed by atoms with Gasteiger partial charge in [0.2, 0.25) is 11.8 Å². The van der Waals surface area contributed by atoms with E-state index >= 15 is 0 Å². The molecule has 1 aliphatic rings. The smallest absolute Gasteiger partial charge is 0.245 e. The van der Waals surface area contributed by atoms with E-state index in [9.17, 15) is 35.1 Å². The van der Waals surface area contributed by atoms with Crippen LogP contribution in [-0.4, -0.2) is 140 Å². The monoisotopic (exact) mass is 939 g/mol. The lowest BCUT2D eigenvalue weighted by Crippen LogP contribution is -2.64. The van der Waals surface area contributed by atoms with Crippen molar-refractivity contribution in [2.24, 2.45) is 0 Å². The third kappa shape index (κ3) is 33.2. The summed E-state index contributed by atoms with van der Waals surface area (Å²) in [6.45, 7) is 14.2. The SMILES string of the molecule is CCCCCCCCC(O)CN(CCCCC1NC(=O)C(CCCCN(CC(O)CCCCCCCC)CC(O)CCCCCCCC)N(CC(O)CCCCCCCC)C1=O)CC(C)O. The minimum absolute atomic E-state index is 0.117. The van der Waals surface area contributed by atoms with Crippen LogP contribution in [0.25, 0.3) is 0 Å². The highest BCUT2D eigenvalue weighted by Crippen LogP contribution is 2.22. The number of nitrogens with one attached hydrogen (secondary N) is 1. The number of carbonyl (C=O) groups excluding carboxylic acids is 2. The molecule has 0 aromatic heterocycles. The quantitative estimate of drug-likeness (QED) is 0.0327. The van der Waals surface area contributed by atoms with Crippen LogP contribution in [0.1, 0.15) is 253 Å². The Morgan fingerprint density at radius 1 is 0.455 bits per heavy atom. The average molecular weight is 940 g/mol. The summed E-state index contributed by atoms with van der Waals surface area (Å²) < 4.78 is 0. The van der Waals surface area contributed by atoms with Crippen molar-refractivity contribution in [1.29, 1.82) is 0 Å². The number of nitrogens with zero attached hydrogens (tertiary/aromatic N) is 3. The Morgan fingerprint density at radius 2 is 0.803 bits per heavy atom. The number of unbranched alkanes of at least 4 members (excludes halogenated alkanes) is 22. The van der Waals surface area contributed by atoms with Crippen molar-refractivity contribution in [2.75, 3.05) is 45.8 Å². The van der Waals surface area contributed by atoms with Gasteiger partial charge in [0.25, 0.3) is 0 Å². The first kappa shape index (κ1) is 62.7. The molecule has 11 heteroatoms. The van der Waals surface area contributed by atoms with Gasteiger partial charge in [-0.25, -0.2) is 0 Å². The van der Waals surface area contributed by atoms with Crippen LogP contribution in [0.2, 0.25) is 0 Å². The molecule has 0 aromatic carbocycles. The van der Waals surface area contributed by atoms with Gasteiger partial charge in [0.05, 0.1) is 30.5 Å². The molecule has 0 radical (unpaired) electrons. The van der Waals surface area contributed by atoms with E-state index in [1.165, 1.54) is 96.3 Å². The van der Waals surface area contributed by atoms with Crippen molar-refractivity contribution >= 4 is 11.8 Å². The lowest BCUT2D eigenvalue weighted by atomic mass is 9.97. The van der Waals surface area contributed by atoms with Crippen LogP contribution in [0.5, 0.6) is 0 Å². The summed E-state index contributed by atoms with van der Waals surface area (Å²) in [6, 6.07) is -1.29. The molecule has 1 saturated heterocycles. The molecule has 1 fully saturated rings. The maximum Gasteiger partial charge on any atom is 0.245 e. The summed E-state index contributed by atoms with van der Waals surface area (Å²) in [5.41, 5.74) is 0. The fraction of sp³-hybridized carbons (Fsp3) is 0.964. The minimum Gasteiger partial charge on any atom is -0.392 e. The lowest BCUT2D eigenvalue weighted by Gasteiger charge is -2.40. The van der Waals surface area contributed by atoms with Crippen molar-refractivity contribution in [3.05, 3.63) is 0 Å². The summed E-state index contributed by atoms with van der Waals surface area (Å²) in [6.07, 6.45) is 32.3. The molecular formula is C55H110N4O7. The van der Waals surface area contributed by atoms with Gasteiger partial charge in [0.1, 0.15) is 12.1 Å². The third-order valence-electron chi connectivity index (χ3n) is 13.9. The first-order valence-electron chi connectivity index (χ1n) is 28.4. The number of hydrogen-bond donors (Lipinski definition) is 6. The molecular weight excluding hydrogens is 829 g/mol. The molecule has 0 aromatic rings. The average Bonchev–Trinajstić information content (AvgIpc) is 3.27. The molecule has 0 bridgehead atoms. The van der Waals surface area contributed by atoms with Gasteiger partial charge < -0.3 is 35.7 Å². The maximum atomic E-state index is 14.2. The highest BCUT2D eigenvalue weighted by Gasteiger charge is 2.40. The normalized spacial score (nSPS) is 18.0. The largest absolute Gasteiger partial charge is 0.392 e. The second kappa shape index (κ2) is 42.5. The Hall–Kier alpha value is -1.34. The number of hydrogen-bond acceptors (Lipinski definition) is 9. The Bertz CT molecular complexity index is 1090. The first-order valence-corrected chi connectivity index (χ1v) is 28.4. The summed E-state index contributed by atoms with van der Waals surface area (Å²) in [5, 5.41) is 57.5. The van der Waals surface area contributed by atoms with E-state index in [-0.39, 0.29) is 18.4 Å². The van der Waals surface area contributed by atoms with E-state index in [1.54, 1.807) is 11.8 Å². The third-order valence-corrected chi connectivity index (χ3v) is 13.9. The van der Waals surface area contributed by atoms with Gasteiger partial charge in [-0.3, -0.25) is 19.4 Å². The van der Waals surface area contributed by atoms with E-state index in [0.717, 1.165) is 89.9 Å². The maximum absolute atomic E-state index is 14.2. The molecule has 11 nitrogen and oxygen atoms in total. The van der Waals surface area contributed by atoms with Crippen LogP contribution in [0.4, 0.5) is 0 Å². The molecule has 0 saturated carbocycles. The molecule has 7 unspecified atom stereocenters. The highest BCUT2D eigenvalue weighted by molar-refractivity contribution is 5.97. The standard InChI is InChI=1S/C55H110N4O7/c1-6-10-14-18-22-26-34-48(61)43-57(42-47(5)60)40-32-30-38-52-55(66)59(46-51(64)37-29-25-21-17-13-9-4)53(54(65)56-52)39-31-33-41-58(44-49(62)35-27-23-19-15-11-7-2)45-50(63)36-28-24-20-16-12-8-3/h47-53,60-64H,6-46H2,1-5H3,(H,56,65). The number of carbonyl (C=O) groups is 2. The summed E-state index contributed by atoms with van der Waals surface area (Å²) in [5.74, 6) is -0.269. The van der Waals surface area contributed by atoms with Gasteiger partial charge in [-0.2, -0.15) is 0 Å². The number of aliphatic hydroxyl groups excluding tert-OH is 5. The second-order valence-corrected chi connectivity index (χ2v) is 20.8. The molecule has 392 valence electrons. The molecule has 6 N–H and O–H groups in total. The molecule has 1 rings (SSSR count). The van der Waals surface area contributed by atoms with E-state index in [2.05, 4.69) is 42.8 Å². The van der Waals surface area contributed by atoms with Crippen molar-refractivity contribution in [3.8, 4) is 0 Å². The van der Waals surface area contributed by atoms with Gasteiger partial charge in [-0.15, -0.1) is 0 Å². The van der Waals surface area contributed by atoms with Crippen molar-refractivity contribution < 1.29 is 35.1 Å². The molecule has 1 aliphatic heterocycles. The number of aliphatic hydroxyl groups is 5. The predicted molar refractivity (Wildman–Crippen MR) is 276 cm³/mol. The van der Waals surface area contributed by atoms with Crippen LogP contribution >= 0.6 is 0 Å². The van der Waals surface area contributed by atoms with Gasteiger partial charge >= 0.3 is 0 Å². The topological polar surface area (TPSA) is 157 Å². The number of β-amino-alcohol motifs (C(OH)–C–C–N with tert-alkyl or cyclic N) is 1. The van der Waals surface area contributed by atoms with E-state index in [4.69, 9.17) is 0 Å². The fourth-order valence-corrected chi connectivity index (χ4v) is 9.90. The fourth-order valence-electron chi connectivity index (χ4n) is 9.90. The summed E-state index contributed by atoms with van der Waals surface area (Å²) in [7, 11) is 0. The van der Waals surface area contributed by atoms with Gasteiger partial charge in [-0.05, 0) is 84.2 Å². The van der Waals surface area contributed by atoms with Crippen molar-refractivity contribution in [1.82, 2.24) is 20.0 Å². The zero-order valence-corrected chi connectivity index (χ0v) is 43.9. The van der Waals surface area contributed by atoms with Gasteiger partial charge in [0.15, 0.2) is 0 Å². The molecule has 0 spiro atoms. The Balaban J connectivity index is 2.92. The van der Waals surface area contributed by atoms with Gasteiger partial charge in [0, 0.05) is 32.7 Å². The Labute approximate surface area is 407 Å². The Morgan fingerprint density at radius 3 is 1.20 bits per heavy atom. The molecule has 2 amide bonds. The van der Waals surface area contributed by atoms with Crippen LogP contribution in [0.3, 0.4) is 0 Å². The zero-order chi connectivity index (χ0) is 48.6. The highest BCUT2D eigenvalue weighted by atomic mass is 16.3. The van der Waals surface area contributed by atoms with E-state index in [0.29, 0.717) is 71.4 Å². The number of piperazine rings is 1. The zero-order valence-electron chi connectivity index (χ0n) is 43.9. The van der Waals surface area contributed by atoms with Crippen LogP contribution in [-0.2, 0) is 9.59 Å². The number of amides is 2. The van der Waals surface area contributed by atoms with Crippen molar-refractivity contribution in [3.63, 3.8) is 0 Å². The Kier molecular flexibility index (Phi) is 40.4. The van der Waals surface area contributed by atoms with E-state index in [1.807, 2.05) is 0 Å². The van der Waals surface area contributed by atoms with E-state index < -0.39 is 42.6 Å². The first-order chi connectivity index (χ1) is 31.9. The van der Waals surface area contributed by atoms with Crippen molar-refractivity contribution in [2.45, 2.75) is 296 Å². The minimum atomic E-state index is -0.692. The van der Waals surface area contributed by atoms with Gasteiger partial charge in [-0.1, -0.05) is 182 Å². The molecule has 66 heavy (non-hydrogen) atoms. The van der Waals surface area contributed by atoms with Crippen LogP contribution in [0.15, 0.2) is 0 Å². The molecule has 1 heterocycles. The predicted octanol–water partition coefficient (Wildman–Crippen LogP) is 10.5.